The van der Waals surface area contributed by atoms with Gasteiger partial charge in [-0.1, -0.05) is 19.4 Å². The lowest BCUT2D eigenvalue weighted by Gasteiger charge is -2.06. The number of thiophene rings is 1. The minimum absolute atomic E-state index is 0.175. The van der Waals surface area contributed by atoms with E-state index in [2.05, 4.69) is 22.1 Å². The third-order valence-electron chi connectivity index (χ3n) is 2.39. The molecule has 0 saturated heterocycles. The Morgan fingerprint density at radius 2 is 2.44 bits per heavy atom. The summed E-state index contributed by atoms with van der Waals surface area (Å²) in [7, 11) is 0. The molecule has 2 heterocycles. The number of hydrogen-bond donors (Lipinski definition) is 2. The van der Waals surface area contributed by atoms with Gasteiger partial charge in [0, 0.05) is 12.5 Å². The van der Waals surface area contributed by atoms with Crippen LogP contribution in [-0.4, -0.2) is 21.2 Å². The van der Waals surface area contributed by atoms with Gasteiger partial charge in [0.2, 0.25) is 0 Å². The predicted octanol–water partition coefficient (Wildman–Crippen LogP) is 2.20. The van der Waals surface area contributed by atoms with Crippen LogP contribution in [0.2, 0.25) is 0 Å². The van der Waals surface area contributed by atoms with E-state index in [4.69, 9.17) is 5.73 Å². The fourth-order valence-electron chi connectivity index (χ4n) is 1.62. The van der Waals surface area contributed by atoms with E-state index in [0.29, 0.717) is 0 Å². The van der Waals surface area contributed by atoms with Crippen molar-refractivity contribution >= 4 is 11.3 Å². The maximum Gasteiger partial charge on any atom is 0.191 e. The van der Waals surface area contributed by atoms with E-state index in [1.807, 2.05) is 17.5 Å². The molecule has 1 unspecified atom stereocenters. The molecule has 4 nitrogen and oxygen atoms in total. The fourth-order valence-corrected chi connectivity index (χ4v) is 2.28. The highest BCUT2D eigenvalue weighted by molar-refractivity contribution is 7.13. The van der Waals surface area contributed by atoms with Crippen molar-refractivity contribution in [1.82, 2.24) is 15.2 Å². The van der Waals surface area contributed by atoms with Crippen molar-refractivity contribution in [3.63, 3.8) is 0 Å². The largest absolute Gasteiger partial charge is 0.327 e. The molecule has 86 valence electrons. The van der Waals surface area contributed by atoms with Crippen LogP contribution < -0.4 is 5.73 Å². The number of hydrogen-bond acceptors (Lipinski definition) is 4. The van der Waals surface area contributed by atoms with Gasteiger partial charge in [-0.25, -0.2) is 4.98 Å². The van der Waals surface area contributed by atoms with Crippen molar-refractivity contribution in [1.29, 1.82) is 0 Å². The van der Waals surface area contributed by atoms with Gasteiger partial charge in [0.25, 0.3) is 0 Å². The molecule has 0 radical (unpaired) electrons. The minimum atomic E-state index is 0.175. The molecule has 0 aliphatic rings. The average Bonchev–Trinajstić information content (AvgIpc) is 2.86. The van der Waals surface area contributed by atoms with Crippen LogP contribution in [0.25, 0.3) is 10.7 Å². The zero-order valence-electron chi connectivity index (χ0n) is 9.31. The van der Waals surface area contributed by atoms with E-state index < -0.39 is 0 Å². The van der Waals surface area contributed by atoms with Gasteiger partial charge in [-0.3, -0.25) is 5.10 Å². The summed E-state index contributed by atoms with van der Waals surface area (Å²) in [5, 5.41) is 9.16. The van der Waals surface area contributed by atoms with Crippen molar-refractivity contribution < 1.29 is 0 Å². The summed E-state index contributed by atoms with van der Waals surface area (Å²) < 4.78 is 0. The Morgan fingerprint density at radius 3 is 3.12 bits per heavy atom. The Labute approximate surface area is 98.9 Å². The van der Waals surface area contributed by atoms with Crippen LogP contribution in [0.5, 0.6) is 0 Å². The summed E-state index contributed by atoms with van der Waals surface area (Å²) in [4.78, 5) is 5.53. The molecular weight excluding hydrogens is 220 g/mol. The van der Waals surface area contributed by atoms with E-state index in [0.717, 1.165) is 35.8 Å². The normalized spacial score (nSPS) is 12.9. The molecule has 3 N–H and O–H groups in total. The molecule has 1 atom stereocenters. The minimum Gasteiger partial charge on any atom is -0.327 e. The van der Waals surface area contributed by atoms with Crippen molar-refractivity contribution in [3.8, 4) is 10.7 Å². The smallest absolute Gasteiger partial charge is 0.191 e. The third kappa shape index (κ3) is 2.68. The number of H-pyrrole nitrogens is 1. The van der Waals surface area contributed by atoms with Crippen LogP contribution in [0.15, 0.2) is 17.5 Å². The third-order valence-corrected chi connectivity index (χ3v) is 3.25. The molecule has 5 heteroatoms. The van der Waals surface area contributed by atoms with E-state index in [9.17, 15) is 0 Å². The van der Waals surface area contributed by atoms with E-state index in [-0.39, 0.29) is 6.04 Å². The zero-order valence-corrected chi connectivity index (χ0v) is 10.1. The summed E-state index contributed by atoms with van der Waals surface area (Å²) >= 11 is 1.64. The van der Waals surface area contributed by atoms with Gasteiger partial charge >= 0.3 is 0 Å². The molecule has 0 fully saturated rings. The SMILES string of the molecule is CCCC(N)Cc1nc(-c2cccs2)n[nH]1. The number of aromatic amines is 1. The number of rotatable bonds is 5. The van der Waals surface area contributed by atoms with Gasteiger partial charge in [-0.05, 0) is 17.9 Å². The maximum absolute atomic E-state index is 5.96. The van der Waals surface area contributed by atoms with Crippen LogP contribution in [-0.2, 0) is 6.42 Å². The second kappa shape index (κ2) is 5.23. The van der Waals surface area contributed by atoms with Crippen LogP contribution in [0.4, 0.5) is 0 Å². The molecule has 0 spiro atoms. The average molecular weight is 236 g/mol. The highest BCUT2D eigenvalue weighted by Gasteiger charge is 2.09. The zero-order chi connectivity index (χ0) is 11.4. The molecule has 16 heavy (non-hydrogen) atoms. The molecule has 2 aromatic rings. The lowest BCUT2D eigenvalue weighted by Crippen LogP contribution is -2.22. The Bertz CT molecular complexity index is 421. The second-order valence-electron chi connectivity index (χ2n) is 3.84. The number of nitrogens with zero attached hydrogens (tertiary/aromatic N) is 2. The molecule has 0 aliphatic heterocycles. The maximum atomic E-state index is 5.96. The monoisotopic (exact) mass is 236 g/mol. The highest BCUT2D eigenvalue weighted by Crippen LogP contribution is 2.20. The summed E-state index contributed by atoms with van der Waals surface area (Å²) in [5.74, 6) is 1.65. The Balaban J connectivity index is 2.03. The highest BCUT2D eigenvalue weighted by atomic mass is 32.1. The van der Waals surface area contributed by atoms with Crippen molar-refractivity contribution in [2.75, 3.05) is 0 Å². The number of nitrogens with one attached hydrogen (secondary N) is 1. The standard InChI is InChI=1S/C11H16N4S/c1-2-4-8(12)7-10-13-11(15-14-10)9-5-3-6-16-9/h3,5-6,8H,2,4,7,12H2,1H3,(H,13,14,15). The predicted molar refractivity (Wildman–Crippen MR) is 66.3 cm³/mol. The van der Waals surface area contributed by atoms with Crippen LogP contribution >= 0.6 is 11.3 Å². The van der Waals surface area contributed by atoms with Crippen molar-refractivity contribution in [2.45, 2.75) is 32.2 Å². The summed E-state index contributed by atoms with van der Waals surface area (Å²) in [6.07, 6.45) is 2.90. The van der Waals surface area contributed by atoms with E-state index in [1.165, 1.54) is 0 Å². The summed E-state index contributed by atoms with van der Waals surface area (Å²) in [6, 6.07) is 4.19. The lowest BCUT2D eigenvalue weighted by atomic mass is 10.1. The molecule has 0 aromatic carbocycles. The summed E-state index contributed by atoms with van der Waals surface area (Å²) in [6.45, 7) is 2.14. The van der Waals surface area contributed by atoms with Gasteiger partial charge in [0.05, 0.1) is 4.88 Å². The van der Waals surface area contributed by atoms with Gasteiger partial charge in [-0.2, -0.15) is 5.10 Å². The van der Waals surface area contributed by atoms with Gasteiger partial charge < -0.3 is 5.73 Å². The van der Waals surface area contributed by atoms with Crippen LogP contribution in [0, 0.1) is 0 Å². The van der Waals surface area contributed by atoms with E-state index >= 15 is 0 Å². The fraction of sp³-hybridized carbons (Fsp3) is 0.455. The molecule has 0 aliphatic carbocycles. The number of nitrogens with two attached hydrogens (primary N) is 1. The Morgan fingerprint density at radius 1 is 1.56 bits per heavy atom. The summed E-state index contributed by atoms with van der Waals surface area (Å²) in [5.41, 5.74) is 5.96. The van der Waals surface area contributed by atoms with Crippen molar-refractivity contribution in [2.24, 2.45) is 5.73 Å². The van der Waals surface area contributed by atoms with Gasteiger partial charge in [0.15, 0.2) is 5.82 Å². The Hall–Kier alpha value is -1.20. The molecule has 2 rings (SSSR count). The first kappa shape index (κ1) is 11.3. The molecule has 0 amide bonds. The molecule has 2 aromatic heterocycles. The second-order valence-corrected chi connectivity index (χ2v) is 4.78. The topological polar surface area (TPSA) is 67.6 Å². The van der Waals surface area contributed by atoms with Crippen LogP contribution in [0.3, 0.4) is 0 Å². The first-order valence-electron chi connectivity index (χ1n) is 5.50. The van der Waals surface area contributed by atoms with Crippen molar-refractivity contribution in [3.05, 3.63) is 23.3 Å². The van der Waals surface area contributed by atoms with Crippen LogP contribution in [0.1, 0.15) is 25.6 Å². The molecular formula is C11H16N4S. The van der Waals surface area contributed by atoms with Gasteiger partial charge in [0.1, 0.15) is 5.82 Å². The Kier molecular flexibility index (Phi) is 3.69. The first-order chi connectivity index (χ1) is 7.79. The quantitative estimate of drug-likeness (QED) is 0.836. The first-order valence-corrected chi connectivity index (χ1v) is 6.38. The van der Waals surface area contributed by atoms with Gasteiger partial charge in [-0.15, -0.1) is 11.3 Å². The lowest BCUT2D eigenvalue weighted by molar-refractivity contribution is 0.586. The molecule has 0 saturated carbocycles. The molecule has 0 bridgehead atoms. The number of aromatic nitrogens is 3. The van der Waals surface area contributed by atoms with E-state index in [1.54, 1.807) is 11.3 Å².